The number of methoxy groups -OCH3 is 1. The van der Waals surface area contributed by atoms with Crippen LogP contribution in [0.4, 0.5) is 0 Å². The maximum Gasteiger partial charge on any atom is 0.195 e. The van der Waals surface area contributed by atoms with E-state index in [9.17, 15) is 0 Å². The Morgan fingerprint density at radius 1 is 1.41 bits per heavy atom. The molecule has 0 bridgehead atoms. The highest BCUT2D eigenvalue weighted by molar-refractivity contribution is 7.71. The molecule has 1 aromatic heterocycles. The molecule has 1 heterocycles. The van der Waals surface area contributed by atoms with E-state index in [-0.39, 0.29) is 6.10 Å². The summed E-state index contributed by atoms with van der Waals surface area (Å²) in [5, 5.41) is 7.06. The first-order chi connectivity index (χ1) is 8.27. The summed E-state index contributed by atoms with van der Waals surface area (Å²) >= 11 is 5.18. The fourth-order valence-electron chi connectivity index (χ4n) is 1.85. The highest BCUT2D eigenvalue weighted by Gasteiger charge is 2.19. The summed E-state index contributed by atoms with van der Waals surface area (Å²) < 4.78 is 8.10. The summed E-state index contributed by atoms with van der Waals surface area (Å²) in [7, 11) is 1.68. The minimum absolute atomic E-state index is 0.191. The molecule has 17 heavy (non-hydrogen) atoms. The van der Waals surface area contributed by atoms with Crippen molar-refractivity contribution in [3.05, 3.63) is 46.5 Å². The van der Waals surface area contributed by atoms with E-state index in [0.717, 1.165) is 17.9 Å². The normalized spacial score (nSPS) is 12.6. The predicted molar refractivity (Wildman–Crippen MR) is 68.4 cm³/mol. The van der Waals surface area contributed by atoms with Crippen LogP contribution in [0.2, 0.25) is 0 Å². The van der Waals surface area contributed by atoms with Gasteiger partial charge in [0.2, 0.25) is 0 Å². The maximum atomic E-state index is 5.53. The van der Waals surface area contributed by atoms with Crippen molar-refractivity contribution in [2.75, 3.05) is 7.11 Å². The van der Waals surface area contributed by atoms with Gasteiger partial charge in [-0.25, -0.2) is 0 Å². The number of hydrogen-bond donors (Lipinski definition) is 1. The van der Waals surface area contributed by atoms with Gasteiger partial charge < -0.3 is 9.30 Å². The minimum atomic E-state index is -0.191. The number of nitrogens with one attached hydrogen (secondary N) is 1. The summed E-state index contributed by atoms with van der Waals surface area (Å²) in [4.78, 5) is 0. The van der Waals surface area contributed by atoms with Crippen LogP contribution in [-0.2, 0) is 11.3 Å². The number of hydrogen-bond acceptors (Lipinski definition) is 3. The zero-order chi connectivity index (χ0) is 12.3. The summed E-state index contributed by atoms with van der Waals surface area (Å²) in [6.07, 6.45) is -0.191. The van der Waals surface area contributed by atoms with E-state index >= 15 is 0 Å². The molecular formula is C12H15N3OS. The highest BCUT2D eigenvalue weighted by Crippen LogP contribution is 2.23. The number of rotatable bonds is 4. The lowest BCUT2D eigenvalue weighted by atomic mass is 10.1. The molecule has 0 fully saturated rings. The van der Waals surface area contributed by atoms with E-state index in [1.54, 1.807) is 7.11 Å². The molecule has 2 rings (SSSR count). The van der Waals surface area contributed by atoms with Gasteiger partial charge in [-0.15, -0.1) is 0 Å². The quantitative estimate of drug-likeness (QED) is 0.847. The molecular weight excluding hydrogens is 234 g/mol. The van der Waals surface area contributed by atoms with E-state index in [4.69, 9.17) is 17.0 Å². The Kier molecular flexibility index (Phi) is 3.71. The van der Waals surface area contributed by atoms with Crippen molar-refractivity contribution in [3.63, 3.8) is 0 Å². The fraction of sp³-hybridized carbons (Fsp3) is 0.333. The smallest absolute Gasteiger partial charge is 0.195 e. The van der Waals surface area contributed by atoms with Gasteiger partial charge in [-0.1, -0.05) is 30.3 Å². The Morgan fingerprint density at radius 3 is 2.71 bits per heavy atom. The zero-order valence-corrected chi connectivity index (χ0v) is 10.7. The van der Waals surface area contributed by atoms with E-state index in [0.29, 0.717) is 4.77 Å². The van der Waals surface area contributed by atoms with Gasteiger partial charge in [0.25, 0.3) is 0 Å². The molecule has 0 spiro atoms. The van der Waals surface area contributed by atoms with Crippen LogP contribution < -0.4 is 0 Å². The summed E-state index contributed by atoms with van der Waals surface area (Å²) in [5.74, 6) is 0.811. The standard InChI is InChI=1S/C12H15N3OS/c1-3-15-11(13-14-12(15)17)10(16-2)9-7-5-4-6-8-9/h4-8,10H,3H2,1-2H3,(H,14,17). The van der Waals surface area contributed by atoms with Gasteiger partial charge in [-0.05, 0) is 24.7 Å². The molecule has 90 valence electrons. The second-order valence-corrected chi connectivity index (χ2v) is 4.04. The molecule has 2 aromatic rings. The second-order valence-electron chi connectivity index (χ2n) is 3.66. The number of ether oxygens (including phenoxy) is 1. The molecule has 0 aliphatic carbocycles. The molecule has 1 aromatic carbocycles. The van der Waals surface area contributed by atoms with Gasteiger partial charge in [0.05, 0.1) is 0 Å². The van der Waals surface area contributed by atoms with Crippen LogP contribution in [-0.4, -0.2) is 21.9 Å². The minimum Gasteiger partial charge on any atom is -0.369 e. The van der Waals surface area contributed by atoms with Crippen LogP contribution in [0, 0.1) is 4.77 Å². The van der Waals surface area contributed by atoms with Crippen molar-refractivity contribution in [1.82, 2.24) is 14.8 Å². The second kappa shape index (κ2) is 5.25. The van der Waals surface area contributed by atoms with E-state index < -0.39 is 0 Å². The van der Waals surface area contributed by atoms with Crippen LogP contribution in [0.3, 0.4) is 0 Å². The lowest BCUT2D eigenvalue weighted by Gasteiger charge is -2.15. The lowest BCUT2D eigenvalue weighted by molar-refractivity contribution is 0.125. The van der Waals surface area contributed by atoms with Crippen molar-refractivity contribution < 1.29 is 4.74 Å². The Labute approximate surface area is 105 Å². The third kappa shape index (κ3) is 2.30. The van der Waals surface area contributed by atoms with Gasteiger partial charge >= 0.3 is 0 Å². The van der Waals surface area contributed by atoms with Crippen LogP contribution in [0.25, 0.3) is 0 Å². The van der Waals surface area contributed by atoms with E-state index in [2.05, 4.69) is 10.2 Å². The molecule has 1 N–H and O–H groups in total. The fourth-order valence-corrected chi connectivity index (χ4v) is 2.12. The summed E-state index contributed by atoms with van der Waals surface area (Å²) in [5.41, 5.74) is 1.07. The molecule has 0 aliphatic heterocycles. The number of aromatic amines is 1. The van der Waals surface area contributed by atoms with Gasteiger partial charge in [-0.2, -0.15) is 5.10 Å². The first-order valence-electron chi connectivity index (χ1n) is 5.50. The van der Waals surface area contributed by atoms with Crippen molar-refractivity contribution >= 4 is 12.2 Å². The van der Waals surface area contributed by atoms with Gasteiger partial charge in [0.15, 0.2) is 10.6 Å². The Bertz CT molecular complexity index is 532. The average Bonchev–Trinajstić information content (AvgIpc) is 2.73. The van der Waals surface area contributed by atoms with Crippen molar-refractivity contribution in [2.24, 2.45) is 0 Å². The van der Waals surface area contributed by atoms with Gasteiger partial charge in [0.1, 0.15) is 6.10 Å². The Morgan fingerprint density at radius 2 is 2.12 bits per heavy atom. The molecule has 0 aliphatic rings. The van der Waals surface area contributed by atoms with Gasteiger partial charge in [0, 0.05) is 13.7 Å². The van der Waals surface area contributed by atoms with Crippen molar-refractivity contribution in [3.8, 4) is 0 Å². The molecule has 1 unspecified atom stereocenters. The molecule has 0 amide bonds. The van der Waals surface area contributed by atoms with Crippen molar-refractivity contribution in [2.45, 2.75) is 19.6 Å². The predicted octanol–water partition coefficient (Wildman–Crippen LogP) is 2.70. The summed E-state index contributed by atoms with van der Waals surface area (Å²) in [6, 6.07) is 9.99. The molecule has 0 saturated carbocycles. The van der Waals surface area contributed by atoms with Crippen LogP contribution in [0.5, 0.6) is 0 Å². The third-order valence-corrected chi connectivity index (χ3v) is 2.99. The lowest BCUT2D eigenvalue weighted by Crippen LogP contribution is -2.11. The topological polar surface area (TPSA) is 42.8 Å². The monoisotopic (exact) mass is 249 g/mol. The number of nitrogens with zero attached hydrogens (tertiary/aromatic N) is 2. The maximum absolute atomic E-state index is 5.53. The summed E-state index contributed by atoms with van der Waals surface area (Å²) in [6.45, 7) is 2.81. The first-order valence-corrected chi connectivity index (χ1v) is 5.91. The number of H-pyrrole nitrogens is 1. The van der Waals surface area contributed by atoms with Crippen LogP contribution >= 0.6 is 12.2 Å². The first kappa shape index (κ1) is 12.0. The van der Waals surface area contributed by atoms with Crippen molar-refractivity contribution in [1.29, 1.82) is 0 Å². The number of aromatic nitrogens is 3. The van der Waals surface area contributed by atoms with Crippen LogP contribution in [0.15, 0.2) is 30.3 Å². The average molecular weight is 249 g/mol. The highest BCUT2D eigenvalue weighted by atomic mass is 32.1. The third-order valence-electron chi connectivity index (χ3n) is 2.68. The molecule has 4 nitrogen and oxygen atoms in total. The van der Waals surface area contributed by atoms with Gasteiger partial charge in [-0.3, -0.25) is 5.10 Å². The SMILES string of the molecule is CCn1c(C(OC)c2ccccc2)n[nH]c1=S. The largest absolute Gasteiger partial charge is 0.369 e. The number of benzene rings is 1. The Balaban J connectivity index is 2.46. The van der Waals surface area contributed by atoms with Crippen LogP contribution in [0.1, 0.15) is 24.4 Å². The van der Waals surface area contributed by atoms with E-state index in [1.807, 2.05) is 41.8 Å². The van der Waals surface area contributed by atoms with E-state index in [1.165, 1.54) is 0 Å². The Hall–Kier alpha value is -1.46. The molecule has 5 heteroatoms. The molecule has 0 saturated heterocycles. The zero-order valence-electron chi connectivity index (χ0n) is 9.88. The molecule has 1 atom stereocenters. The molecule has 0 radical (unpaired) electrons.